The van der Waals surface area contributed by atoms with Gasteiger partial charge in [-0.2, -0.15) is 4.80 Å². The first-order valence-corrected chi connectivity index (χ1v) is 9.62. The molecule has 3 aromatic rings. The van der Waals surface area contributed by atoms with E-state index in [0.717, 1.165) is 26.9 Å². The number of carbonyl (C=O) groups is 1. The molecule has 0 radical (unpaired) electrons. The fraction of sp³-hybridized carbons (Fsp3) is 0.300. The number of aryl methyl sites for hydroxylation is 1. The van der Waals surface area contributed by atoms with Crippen molar-refractivity contribution in [2.45, 2.75) is 39.7 Å². The lowest BCUT2D eigenvalue weighted by atomic mass is 9.98. The van der Waals surface area contributed by atoms with Gasteiger partial charge < -0.3 is 5.32 Å². The van der Waals surface area contributed by atoms with Crippen molar-refractivity contribution in [2.24, 2.45) is 0 Å². The number of aromatic nitrogens is 4. The van der Waals surface area contributed by atoms with E-state index in [9.17, 15) is 4.79 Å². The average Bonchev–Trinajstić information content (AvgIpc) is 3.13. The Morgan fingerprint density at radius 1 is 1.11 bits per heavy atom. The van der Waals surface area contributed by atoms with Crippen LogP contribution in [0, 0.1) is 6.92 Å². The summed E-state index contributed by atoms with van der Waals surface area (Å²) in [7, 11) is 0. The number of tetrazole rings is 1. The minimum atomic E-state index is -0.582. The number of anilines is 1. The third-order valence-electron chi connectivity index (χ3n) is 4.43. The van der Waals surface area contributed by atoms with Crippen LogP contribution in [0.2, 0.25) is 0 Å². The summed E-state index contributed by atoms with van der Waals surface area (Å²) < 4.78 is 0.977. The number of rotatable bonds is 5. The van der Waals surface area contributed by atoms with Gasteiger partial charge in [0.1, 0.15) is 6.04 Å². The van der Waals surface area contributed by atoms with Crippen molar-refractivity contribution in [2.75, 3.05) is 5.32 Å². The summed E-state index contributed by atoms with van der Waals surface area (Å²) in [5.74, 6) is 0.621. The Balaban J connectivity index is 1.80. The number of halogens is 1. The Hall–Kier alpha value is -2.54. The fourth-order valence-corrected chi connectivity index (χ4v) is 3.04. The predicted molar refractivity (Wildman–Crippen MR) is 110 cm³/mol. The lowest BCUT2D eigenvalue weighted by molar-refractivity contribution is -0.119. The third-order valence-corrected chi connectivity index (χ3v) is 4.96. The first-order valence-electron chi connectivity index (χ1n) is 8.82. The Morgan fingerprint density at radius 2 is 1.81 bits per heavy atom. The SMILES string of the molecule is Cc1cccc(C(C)C)c1NC(=O)C(C)n1nnc(-c2ccc(Br)cc2)n1. The number of hydrogen-bond donors (Lipinski definition) is 1. The van der Waals surface area contributed by atoms with E-state index in [1.54, 1.807) is 6.92 Å². The summed E-state index contributed by atoms with van der Waals surface area (Å²) >= 11 is 3.40. The van der Waals surface area contributed by atoms with Crippen molar-refractivity contribution in [1.82, 2.24) is 20.2 Å². The Morgan fingerprint density at radius 3 is 2.48 bits per heavy atom. The van der Waals surface area contributed by atoms with Gasteiger partial charge in [-0.25, -0.2) is 0 Å². The molecule has 0 bridgehead atoms. The molecular formula is C20H22BrN5O. The monoisotopic (exact) mass is 427 g/mol. The molecule has 7 heteroatoms. The van der Waals surface area contributed by atoms with E-state index in [1.807, 2.05) is 49.4 Å². The number of hydrogen-bond acceptors (Lipinski definition) is 4. The zero-order valence-corrected chi connectivity index (χ0v) is 17.4. The van der Waals surface area contributed by atoms with Crippen molar-refractivity contribution in [1.29, 1.82) is 0 Å². The summed E-state index contributed by atoms with van der Waals surface area (Å²) in [5, 5.41) is 15.5. The summed E-state index contributed by atoms with van der Waals surface area (Å²) in [5.41, 5.74) is 3.84. The van der Waals surface area contributed by atoms with Crippen molar-refractivity contribution in [3.8, 4) is 11.4 Å². The maximum absolute atomic E-state index is 12.8. The molecule has 6 nitrogen and oxygen atoms in total. The summed E-state index contributed by atoms with van der Waals surface area (Å²) in [4.78, 5) is 14.1. The average molecular weight is 428 g/mol. The van der Waals surface area contributed by atoms with Gasteiger partial charge in [0.05, 0.1) is 0 Å². The van der Waals surface area contributed by atoms with Crippen LogP contribution in [0.3, 0.4) is 0 Å². The molecular weight excluding hydrogens is 406 g/mol. The second-order valence-electron chi connectivity index (χ2n) is 6.80. The van der Waals surface area contributed by atoms with Crippen LogP contribution in [0.5, 0.6) is 0 Å². The van der Waals surface area contributed by atoms with Crippen molar-refractivity contribution in [3.63, 3.8) is 0 Å². The molecule has 0 spiro atoms. The van der Waals surface area contributed by atoms with Gasteiger partial charge in [0.15, 0.2) is 0 Å². The molecule has 1 unspecified atom stereocenters. The van der Waals surface area contributed by atoms with Crippen LogP contribution in [0.25, 0.3) is 11.4 Å². The van der Waals surface area contributed by atoms with E-state index in [0.29, 0.717) is 11.7 Å². The number of nitrogens with zero attached hydrogens (tertiary/aromatic N) is 4. The molecule has 0 saturated carbocycles. The molecule has 27 heavy (non-hydrogen) atoms. The highest BCUT2D eigenvalue weighted by Crippen LogP contribution is 2.28. The van der Waals surface area contributed by atoms with E-state index < -0.39 is 6.04 Å². The maximum atomic E-state index is 12.8. The van der Waals surface area contributed by atoms with Crippen LogP contribution in [0.1, 0.15) is 43.9 Å². The van der Waals surface area contributed by atoms with E-state index in [1.165, 1.54) is 4.80 Å². The zero-order chi connectivity index (χ0) is 19.6. The van der Waals surface area contributed by atoms with Gasteiger partial charge in [-0.3, -0.25) is 4.79 Å². The molecule has 1 heterocycles. The molecule has 140 valence electrons. The highest BCUT2D eigenvalue weighted by molar-refractivity contribution is 9.10. The van der Waals surface area contributed by atoms with Crippen molar-refractivity contribution >= 4 is 27.5 Å². The van der Waals surface area contributed by atoms with Gasteiger partial charge in [0.25, 0.3) is 5.91 Å². The molecule has 0 aliphatic rings. The number of carbonyl (C=O) groups excluding carboxylic acids is 1. The summed E-state index contributed by atoms with van der Waals surface area (Å²) in [6.07, 6.45) is 0. The highest BCUT2D eigenvalue weighted by atomic mass is 79.9. The van der Waals surface area contributed by atoms with Gasteiger partial charge in [-0.05, 0) is 60.4 Å². The Labute approximate surface area is 167 Å². The van der Waals surface area contributed by atoms with Crippen molar-refractivity contribution in [3.05, 3.63) is 58.1 Å². The number of nitrogens with one attached hydrogen (secondary N) is 1. The first-order chi connectivity index (χ1) is 12.9. The molecule has 0 saturated heterocycles. The third kappa shape index (κ3) is 4.24. The van der Waals surface area contributed by atoms with Crippen LogP contribution >= 0.6 is 15.9 Å². The topological polar surface area (TPSA) is 72.7 Å². The highest BCUT2D eigenvalue weighted by Gasteiger charge is 2.21. The second kappa shape index (κ2) is 8.00. The van der Waals surface area contributed by atoms with Crippen LogP contribution < -0.4 is 5.32 Å². The molecule has 2 aromatic carbocycles. The van der Waals surface area contributed by atoms with E-state index >= 15 is 0 Å². The van der Waals surface area contributed by atoms with Gasteiger partial charge in [0.2, 0.25) is 5.82 Å². The largest absolute Gasteiger partial charge is 0.324 e. The van der Waals surface area contributed by atoms with Crippen LogP contribution in [-0.2, 0) is 4.79 Å². The fourth-order valence-electron chi connectivity index (χ4n) is 2.78. The molecule has 1 atom stereocenters. The van der Waals surface area contributed by atoms with Gasteiger partial charge in [-0.1, -0.05) is 48.0 Å². The lowest BCUT2D eigenvalue weighted by Gasteiger charge is -2.18. The summed E-state index contributed by atoms with van der Waals surface area (Å²) in [6.45, 7) is 7.97. The maximum Gasteiger partial charge on any atom is 0.250 e. The molecule has 1 N–H and O–H groups in total. The minimum absolute atomic E-state index is 0.175. The van der Waals surface area contributed by atoms with Crippen LogP contribution in [0.4, 0.5) is 5.69 Å². The minimum Gasteiger partial charge on any atom is -0.324 e. The van der Waals surface area contributed by atoms with E-state index in [2.05, 4.69) is 50.5 Å². The van der Waals surface area contributed by atoms with Gasteiger partial charge in [0, 0.05) is 15.7 Å². The van der Waals surface area contributed by atoms with Crippen LogP contribution in [0.15, 0.2) is 46.9 Å². The standard InChI is InChI=1S/C20H22BrN5O/c1-12(2)17-7-5-6-13(3)18(17)22-20(27)14(4)26-24-19(23-25-26)15-8-10-16(21)11-9-15/h5-12,14H,1-4H3,(H,22,27). The van der Waals surface area contributed by atoms with Gasteiger partial charge >= 0.3 is 0 Å². The molecule has 0 fully saturated rings. The molecule has 1 amide bonds. The zero-order valence-electron chi connectivity index (χ0n) is 15.8. The molecule has 0 aliphatic heterocycles. The first kappa shape index (κ1) is 19.2. The Bertz CT molecular complexity index is 949. The molecule has 0 aliphatic carbocycles. The number of amides is 1. The number of para-hydroxylation sites is 1. The second-order valence-corrected chi connectivity index (χ2v) is 7.72. The molecule has 3 rings (SSSR count). The van der Waals surface area contributed by atoms with Crippen molar-refractivity contribution < 1.29 is 4.79 Å². The predicted octanol–water partition coefficient (Wildman–Crippen LogP) is 4.73. The molecule has 1 aromatic heterocycles. The van der Waals surface area contributed by atoms with E-state index in [4.69, 9.17) is 0 Å². The Kier molecular flexibility index (Phi) is 5.70. The summed E-state index contributed by atoms with van der Waals surface area (Å²) in [6, 6.07) is 13.1. The number of benzene rings is 2. The van der Waals surface area contributed by atoms with Crippen LogP contribution in [-0.4, -0.2) is 26.1 Å². The lowest BCUT2D eigenvalue weighted by Crippen LogP contribution is -2.26. The smallest absolute Gasteiger partial charge is 0.250 e. The quantitative estimate of drug-likeness (QED) is 0.638. The normalized spacial score (nSPS) is 12.2. The van der Waals surface area contributed by atoms with E-state index in [-0.39, 0.29) is 5.91 Å². The van der Waals surface area contributed by atoms with Gasteiger partial charge in [-0.15, -0.1) is 10.2 Å².